The van der Waals surface area contributed by atoms with Gasteiger partial charge in [0, 0.05) is 38.6 Å². The van der Waals surface area contributed by atoms with E-state index in [-0.39, 0.29) is 64.6 Å². The van der Waals surface area contributed by atoms with Crippen LogP contribution < -0.4 is 21.7 Å². The molecule has 11 unspecified atom stereocenters. The summed E-state index contributed by atoms with van der Waals surface area (Å²) in [5.74, 6) is -1.84. The van der Waals surface area contributed by atoms with Crippen molar-refractivity contribution in [1.82, 2.24) is 20.9 Å². The quantitative estimate of drug-likeness (QED) is 0.0340. The third kappa shape index (κ3) is 17.5. The van der Waals surface area contributed by atoms with Gasteiger partial charge in [-0.3, -0.25) is 24.1 Å². The molecule has 0 radical (unpaired) electrons. The molecule has 4 aliphatic heterocycles. The number of carbonyl (C=O) groups is 4. The van der Waals surface area contributed by atoms with E-state index in [4.69, 9.17) is 43.6 Å². The molecule has 4 heterocycles. The van der Waals surface area contributed by atoms with Crippen molar-refractivity contribution >= 4 is 23.6 Å². The van der Waals surface area contributed by atoms with E-state index in [1.807, 2.05) is 6.92 Å². The average molecular weight is 974 g/mol. The van der Waals surface area contributed by atoms with Gasteiger partial charge >= 0.3 is 0 Å². The summed E-state index contributed by atoms with van der Waals surface area (Å²) in [4.78, 5) is 51.2. The molecule has 17 atom stereocenters. The highest BCUT2D eigenvalue weighted by Crippen LogP contribution is 2.31. The Morgan fingerprint density at radius 1 is 0.597 bits per heavy atom. The molecule has 4 amide bonds. The molecule has 4 rings (SSSR count). The number of hydrogen-bond acceptors (Lipinski definition) is 23. The molecule has 27 nitrogen and oxygen atoms in total. The van der Waals surface area contributed by atoms with Crippen molar-refractivity contribution in [3.8, 4) is 0 Å². The number of aliphatic hydroxyl groups excluding tert-OH is 10. The molecule has 388 valence electrons. The van der Waals surface area contributed by atoms with Crippen LogP contribution in [0.15, 0.2) is 0 Å². The number of unbranched alkanes of at least 4 members (excludes halogenated alkanes) is 2. The summed E-state index contributed by atoms with van der Waals surface area (Å²) in [7, 11) is 0. The molecule has 15 N–H and O–H groups in total. The second-order valence-electron chi connectivity index (χ2n) is 16.9. The zero-order valence-corrected chi connectivity index (χ0v) is 37.4. The largest absolute Gasteiger partial charge is 0.394 e. The van der Waals surface area contributed by atoms with Crippen molar-refractivity contribution in [2.45, 2.75) is 144 Å². The molecule has 0 bridgehead atoms. The Labute approximate surface area is 386 Å². The van der Waals surface area contributed by atoms with Gasteiger partial charge in [-0.2, -0.15) is 0 Å². The van der Waals surface area contributed by atoms with Crippen LogP contribution in [0.2, 0.25) is 0 Å². The highest BCUT2D eigenvalue weighted by molar-refractivity contribution is 5.84. The Morgan fingerprint density at radius 2 is 1.10 bits per heavy atom. The van der Waals surface area contributed by atoms with Crippen LogP contribution in [0, 0.1) is 5.92 Å². The topological polar surface area (TPSA) is 410 Å². The van der Waals surface area contributed by atoms with Crippen molar-refractivity contribution in [2.24, 2.45) is 11.7 Å². The first-order valence-corrected chi connectivity index (χ1v) is 22.5. The van der Waals surface area contributed by atoms with Gasteiger partial charge in [0.25, 0.3) is 0 Å². The zero-order valence-electron chi connectivity index (χ0n) is 37.4. The SMILES string of the molecule is CC1CCCOC1OCCNC(=O)CN(CC(=O)NCCCCCC(N)=O)CC(=O)NCCO[C@H]1OC(CO[C@H]2OC(CO)[C@@H](O)C(O)C2O)[C@@H](O)C(O[C@H]2OC(CO)[C@@H](O)C(O)C2O)C1O. The monoisotopic (exact) mass is 973 g/mol. The summed E-state index contributed by atoms with van der Waals surface area (Å²) in [6, 6.07) is 0. The number of nitrogens with zero attached hydrogens (tertiary/aromatic N) is 1. The van der Waals surface area contributed by atoms with Crippen LogP contribution >= 0.6 is 0 Å². The van der Waals surface area contributed by atoms with Gasteiger partial charge in [-0.05, 0) is 25.7 Å². The summed E-state index contributed by atoms with van der Waals surface area (Å²) in [6.07, 6.45) is -22.5. The Hall–Kier alpha value is -2.88. The number of amides is 4. The van der Waals surface area contributed by atoms with Crippen LogP contribution in [0.1, 0.15) is 45.4 Å². The Kier molecular flexibility index (Phi) is 24.3. The van der Waals surface area contributed by atoms with E-state index < -0.39 is 142 Å². The Balaban J connectivity index is 1.35. The van der Waals surface area contributed by atoms with Crippen molar-refractivity contribution in [1.29, 1.82) is 0 Å². The van der Waals surface area contributed by atoms with Gasteiger partial charge < -0.3 is 111 Å². The first-order chi connectivity index (χ1) is 31.9. The molecular weight excluding hydrogens is 902 g/mol. The van der Waals surface area contributed by atoms with E-state index in [9.17, 15) is 70.2 Å². The molecule has 0 aromatic heterocycles. The Bertz CT molecular complexity index is 1510. The fraction of sp³-hybridized carbons (Fsp3) is 0.900. The second-order valence-corrected chi connectivity index (χ2v) is 16.9. The van der Waals surface area contributed by atoms with Crippen LogP contribution in [0.25, 0.3) is 0 Å². The van der Waals surface area contributed by atoms with Crippen LogP contribution in [0.4, 0.5) is 0 Å². The predicted octanol–water partition coefficient (Wildman–Crippen LogP) is -8.06. The number of nitrogens with one attached hydrogen (secondary N) is 3. The molecule has 67 heavy (non-hydrogen) atoms. The molecule has 0 aromatic rings. The molecule has 4 saturated heterocycles. The summed E-state index contributed by atoms with van der Waals surface area (Å²) >= 11 is 0. The van der Waals surface area contributed by atoms with E-state index in [0.717, 1.165) is 12.8 Å². The lowest BCUT2D eigenvalue weighted by molar-refractivity contribution is -0.366. The maximum atomic E-state index is 13.2. The normalized spacial score (nSPS) is 35.8. The van der Waals surface area contributed by atoms with E-state index in [0.29, 0.717) is 25.9 Å². The number of carbonyl (C=O) groups excluding carboxylic acids is 4. The van der Waals surface area contributed by atoms with Crippen molar-refractivity contribution < 1.29 is 108 Å². The minimum absolute atomic E-state index is 0.140. The average Bonchev–Trinajstić information content (AvgIpc) is 3.29. The fourth-order valence-electron chi connectivity index (χ4n) is 7.69. The minimum Gasteiger partial charge on any atom is -0.394 e. The highest BCUT2D eigenvalue weighted by Gasteiger charge is 2.52. The third-order valence-corrected chi connectivity index (χ3v) is 11.5. The molecule has 27 heteroatoms. The maximum absolute atomic E-state index is 13.2. The van der Waals surface area contributed by atoms with Crippen molar-refractivity contribution in [2.75, 3.05) is 78.9 Å². The summed E-state index contributed by atoms with van der Waals surface area (Å²) in [5, 5.41) is 112. The predicted molar refractivity (Wildman–Crippen MR) is 222 cm³/mol. The van der Waals surface area contributed by atoms with Gasteiger partial charge in [0.05, 0.1) is 52.7 Å². The fourth-order valence-corrected chi connectivity index (χ4v) is 7.69. The molecule has 0 saturated carbocycles. The van der Waals surface area contributed by atoms with E-state index in [1.165, 1.54) is 4.90 Å². The molecule has 4 aliphatic rings. The number of hydrogen-bond donors (Lipinski definition) is 14. The first kappa shape index (κ1) is 56.7. The number of ether oxygens (including phenoxy) is 8. The van der Waals surface area contributed by atoms with Crippen LogP contribution in [-0.4, -0.2) is 257 Å². The molecule has 0 aromatic carbocycles. The van der Waals surface area contributed by atoms with Crippen LogP contribution in [0.3, 0.4) is 0 Å². The van der Waals surface area contributed by atoms with Gasteiger partial charge in [-0.25, -0.2) is 0 Å². The van der Waals surface area contributed by atoms with Crippen molar-refractivity contribution in [3.05, 3.63) is 0 Å². The minimum atomic E-state index is -1.95. The van der Waals surface area contributed by atoms with Gasteiger partial charge in [0.1, 0.15) is 73.2 Å². The van der Waals surface area contributed by atoms with Gasteiger partial charge in [-0.15, -0.1) is 0 Å². The lowest BCUT2D eigenvalue weighted by Gasteiger charge is -2.46. The van der Waals surface area contributed by atoms with Crippen molar-refractivity contribution in [3.63, 3.8) is 0 Å². The summed E-state index contributed by atoms with van der Waals surface area (Å²) in [6.45, 7) is -0.824. The lowest BCUT2D eigenvalue weighted by Crippen LogP contribution is -2.65. The zero-order chi connectivity index (χ0) is 49.2. The standard InChI is InChI=1S/C40H71N5O22/c1-20-6-5-11-60-37(20)61-12-9-43-26(50)15-45(14-25(49)42-8-4-2-3-7-24(41)48)16-27(51)44-10-13-62-39-35(59)36(67-40-34(58)32(56)29(53)22(18-47)65-40)30(54)23(66-39)19-63-38-33(57)31(55)28(52)21(17-46)64-38/h20-23,28-40,46-47,52-59H,2-19H2,1H3,(H2,41,48)(H,42,49)(H,43,50)(H,44,51)/t20?,21?,22?,23?,28-,29-,30-,31?,32?,33?,34?,35?,36?,37?,38+,39+,40-/m1/s1. The van der Waals surface area contributed by atoms with E-state index in [1.54, 1.807) is 0 Å². The summed E-state index contributed by atoms with van der Waals surface area (Å²) < 4.78 is 44.8. The van der Waals surface area contributed by atoms with Gasteiger partial charge in [0.15, 0.2) is 25.2 Å². The Morgan fingerprint density at radius 3 is 1.66 bits per heavy atom. The second kappa shape index (κ2) is 28.7. The number of nitrogens with two attached hydrogens (primary N) is 1. The van der Waals surface area contributed by atoms with E-state index >= 15 is 0 Å². The third-order valence-electron chi connectivity index (χ3n) is 11.5. The molecular formula is C40H71N5O22. The highest BCUT2D eigenvalue weighted by atomic mass is 16.7. The molecule has 4 fully saturated rings. The van der Waals surface area contributed by atoms with Gasteiger partial charge in [-0.1, -0.05) is 13.3 Å². The van der Waals surface area contributed by atoms with Crippen LogP contribution in [-0.2, 0) is 57.1 Å². The molecule has 0 aliphatic carbocycles. The number of rotatable bonds is 27. The number of aliphatic hydroxyl groups is 10. The lowest BCUT2D eigenvalue weighted by atomic mass is 9.96. The number of primary amides is 1. The van der Waals surface area contributed by atoms with Crippen LogP contribution in [0.5, 0.6) is 0 Å². The molecule has 0 spiro atoms. The summed E-state index contributed by atoms with van der Waals surface area (Å²) in [5.41, 5.74) is 5.17. The van der Waals surface area contributed by atoms with Gasteiger partial charge in [0.2, 0.25) is 23.6 Å². The van der Waals surface area contributed by atoms with E-state index in [2.05, 4.69) is 16.0 Å². The smallest absolute Gasteiger partial charge is 0.234 e. The maximum Gasteiger partial charge on any atom is 0.234 e. The first-order valence-electron chi connectivity index (χ1n) is 22.5.